The van der Waals surface area contributed by atoms with E-state index in [4.69, 9.17) is 4.74 Å². The first-order chi connectivity index (χ1) is 15.0. The van der Waals surface area contributed by atoms with Crippen molar-refractivity contribution in [3.8, 4) is 0 Å². The molecule has 0 radical (unpaired) electrons. The van der Waals surface area contributed by atoms with Crippen LogP contribution in [0.2, 0.25) is 0 Å². The highest BCUT2D eigenvalue weighted by molar-refractivity contribution is 5.79. The molecule has 0 aromatic rings. The average molecular weight is 431 g/mol. The Kier molecular flexibility index (Phi) is 7.81. The van der Waals surface area contributed by atoms with E-state index in [2.05, 4.69) is 13.8 Å². The molecule has 0 aliphatic heterocycles. The molecule has 4 rings (SSSR count). The number of ether oxygens (including phenoxy) is 1. The van der Waals surface area contributed by atoms with Crippen LogP contribution in [-0.2, 0) is 14.3 Å². The second kappa shape index (κ2) is 10.4. The first-order valence-electron chi connectivity index (χ1n) is 13.7. The predicted octanol–water partition coefficient (Wildman–Crippen LogP) is 7.26. The summed E-state index contributed by atoms with van der Waals surface area (Å²) in [5.74, 6) is 4.38. The minimum Gasteiger partial charge on any atom is -0.462 e. The number of Topliss-reactive ketones (excluding diaryl/α,β-unsaturated/α-hetero) is 1. The van der Waals surface area contributed by atoms with Crippen molar-refractivity contribution in [3.05, 3.63) is 0 Å². The average Bonchev–Trinajstić information content (AvgIpc) is 3.09. The maximum Gasteiger partial charge on any atom is 0.306 e. The summed E-state index contributed by atoms with van der Waals surface area (Å²) in [4.78, 5) is 24.6. The van der Waals surface area contributed by atoms with E-state index < -0.39 is 0 Å². The number of carbonyl (C=O) groups is 2. The van der Waals surface area contributed by atoms with E-state index in [1.807, 2.05) is 0 Å². The molecule has 0 unspecified atom stereocenters. The van der Waals surface area contributed by atoms with E-state index in [1.165, 1.54) is 64.2 Å². The van der Waals surface area contributed by atoms with E-state index in [-0.39, 0.29) is 17.5 Å². The lowest BCUT2D eigenvalue weighted by molar-refractivity contribution is -0.160. The van der Waals surface area contributed by atoms with Crippen LogP contribution in [0.4, 0.5) is 0 Å². The van der Waals surface area contributed by atoms with Gasteiger partial charge in [0, 0.05) is 24.7 Å². The Hall–Kier alpha value is -0.860. The van der Waals surface area contributed by atoms with Gasteiger partial charge >= 0.3 is 5.97 Å². The van der Waals surface area contributed by atoms with Crippen LogP contribution in [0.1, 0.15) is 123 Å². The number of esters is 1. The topological polar surface area (TPSA) is 43.4 Å². The molecule has 0 amide bonds. The zero-order chi connectivity index (χ0) is 21.8. The number of ketones is 1. The predicted molar refractivity (Wildman–Crippen MR) is 125 cm³/mol. The first-order valence-corrected chi connectivity index (χ1v) is 13.7. The Bertz CT molecular complexity index is 628. The molecule has 4 fully saturated rings. The fourth-order valence-electron chi connectivity index (χ4n) is 8.25. The third-order valence-corrected chi connectivity index (χ3v) is 9.94. The standard InChI is InChI=1S/C28H46O3/c1-3-4-5-6-7-8-9-10-27(30)31-26-16-15-25-24-13-11-20-19-21(29)12-14-22(20)23(24)17-18-28(25,26)2/h20,22-26H,3-19H2,1-2H3/t20-,22+,23-,24-,25+,26+,28+/m1/s1. The molecule has 0 N–H and O–H groups in total. The Labute approximate surface area is 190 Å². The van der Waals surface area contributed by atoms with Gasteiger partial charge in [-0.25, -0.2) is 0 Å². The molecule has 31 heavy (non-hydrogen) atoms. The van der Waals surface area contributed by atoms with Crippen molar-refractivity contribution in [3.63, 3.8) is 0 Å². The Balaban J connectivity index is 1.26. The van der Waals surface area contributed by atoms with Gasteiger partial charge in [-0.2, -0.15) is 0 Å². The molecule has 0 bridgehead atoms. The van der Waals surface area contributed by atoms with Gasteiger partial charge in [0.25, 0.3) is 0 Å². The minimum absolute atomic E-state index is 0.0528. The summed E-state index contributed by atoms with van der Waals surface area (Å²) < 4.78 is 6.15. The van der Waals surface area contributed by atoms with Crippen LogP contribution in [0.5, 0.6) is 0 Å². The van der Waals surface area contributed by atoms with Crippen LogP contribution in [-0.4, -0.2) is 17.9 Å². The van der Waals surface area contributed by atoms with Gasteiger partial charge in [0.05, 0.1) is 0 Å². The number of fused-ring (bicyclic) bond motifs is 5. The van der Waals surface area contributed by atoms with Gasteiger partial charge in [-0.15, -0.1) is 0 Å². The van der Waals surface area contributed by atoms with E-state index in [1.54, 1.807) is 0 Å². The second-order valence-electron chi connectivity index (χ2n) is 11.7. The van der Waals surface area contributed by atoms with Crippen LogP contribution in [0.15, 0.2) is 0 Å². The minimum atomic E-state index is 0.0528. The third-order valence-electron chi connectivity index (χ3n) is 9.94. The van der Waals surface area contributed by atoms with E-state index in [0.29, 0.717) is 18.1 Å². The molecule has 3 heteroatoms. The zero-order valence-corrected chi connectivity index (χ0v) is 20.2. The molecule has 0 saturated heterocycles. The number of hydrogen-bond donors (Lipinski definition) is 0. The summed E-state index contributed by atoms with van der Waals surface area (Å²) in [5, 5.41) is 0. The fourth-order valence-corrected chi connectivity index (χ4v) is 8.25. The number of unbranched alkanes of at least 4 members (excludes halogenated alkanes) is 6. The zero-order valence-electron chi connectivity index (χ0n) is 20.2. The highest BCUT2D eigenvalue weighted by Crippen LogP contribution is 2.62. The van der Waals surface area contributed by atoms with Crippen LogP contribution < -0.4 is 0 Å². The van der Waals surface area contributed by atoms with Crippen LogP contribution in [0.3, 0.4) is 0 Å². The summed E-state index contributed by atoms with van der Waals surface area (Å²) in [6, 6.07) is 0. The molecule has 3 nitrogen and oxygen atoms in total. The molecular weight excluding hydrogens is 384 g/mol. The van der Waals surface area contributed by atoms with Gasteiger partial charge in [0.2, 0.25) is 0 Å². The van der Waals surface area contributed by atoms with Crippen molar-refractivity contribution >= 4 is 11.8 Å². The van der Waals surface area contributed by atoms with E-state index in [0.717, 1.165) is 62.2 Å². The summed E-state index contributed by atoms with van der Waals surface area (Å²) in [6.45, 7) is 4.68. The van der Waals surface area contributed by atoms with Crippen LogP contribution in [0.25, 0.3) is 0 Å². The van der Waals surface area contributed by atoms with Crippen molar-refractivity contribution in [2.45, 2.75) is 129 Å². The van der Waals surface area contributed by atoms with Crippen LogP contribution >= 0.6 is 0 Å². The number of hydrogen-bond acceptors (Lipinski definition) is 3. The Morgan fingerprint density at radius 2 is 1.68 bits per heavy atom. The third kappa shape index (κ3) is 5.06. The van der Waals surface area contributed by atoms with Gasteiger partial charge in [-0.05, 0) is 81.0 Å². The lowest BCUT2D eigenvalue weighted by atomic mass is 9.50. The largest absolute Gasteiger partial charge is 0.462 e. The molecule has 4 saturated carbocycles. The molecule has 7 atom stereocenters. The summed E-state index contributed by atoms with van der Waals surface area (Å²) in [7, 11) is 0. The maximum absolute atomic E-state index is 12.6. The smallest absolute Gasteiger partial charge is 0.306 e. The van der Waals surface area contributed by atoms with Gasteiger partial charge in [-0.1, -0.05) is 52.4 Å². The second-order valence-corrected chi connectivity index (χ2v) is 11.7. The SMILES string of the molecule is CCCCCCCCCC(=O)O[C@H]1CC[C@H]2[C@@H]3CC[C@@H]4CC(=O)CC[C@@H]4[C@H]3CC[C@]12C. The van der Waals surface area contributed by atoms with Crippen molar-refractivity contribution in [2.24, 2.45) is 35.0 Å². The van der Waals surface area contributed by atoms with Gasteiger partial charge in [-0.3, -0.25) is 9.59 Å². The highest BCUT2D eigenvalue weighted by Gasteiger charge is 2.58. The summed E-state index contributed by atoms with van der Waals surface area (Å²) in [6.07, 6.45) is 19.6. The molecule has 0 spiro atoms. The quantitative estimate of drug-likeness (QED) is 0.285. The lowest BCUT2D eigenvalue weighted by Gasteiger charge is -2.55. The monoisotopic (exact) mass is 430 g/mol. The molecule has 176 valence electrons. The summed E-state index contributed by atoms with van der Waals surface area (Å²) in [5.41, 5.74) is 0.189. The molecule has 0 heterocycles. The normalized spacial score (nSPS) is 39.5. The van der Waals surface area contributed by atoms with Gasteiger partial charge in [0.15, 0.2) is 0 Å². The van der Waals surface area contributed by atoms with Crippen molar-refractivity contribution < 1.29 is 14.3 Å². The first kappa shape index (κ1) is 23.3. The van der Waals surface area contributed by atoms with Crippen molar-refractivity contribution in [1.82, 2.24) is 0 Å². The summed E-state index contributed by atoms with van der Waals surface area (Å²) >= 11 is 0. The van der Waals surface area contributed by atoms with Crippen molar-refractivity contribution in [1.29, 1.82) is 0 Å². The maximum atomic E-state index is 12.6. The van der Waals surface area contributed by atoms with Crippen LogP contribution in [0, 0.1) is 35.0 Å². The number of rotatable bonds is 9. The highest BCUT2D eigenvalue weighted by atomic mass is 16.5. The molecular formula is C28H46O3. The van der Waals surface area contributed by atoms with Crippen molar-refractivity contribution in [2.75, 3.05) is 0 Å². The lowest BCUT2D eigenvalue weighted by Crippen LogP contribution is -2.50. The number of carbonyl (C=O) groups excluding carboxylic acids is 2. The molecule has 4 aliphatic carbocycles. The molecule has 0 aromatic carbocycles. The van der Waals surface area contributed by atoms with E-state index in [9.17, 15) is 9.59 Å². The van der Waals surface area contributed by atoms with E-state index >= 15 is 0 Å². The van der Waals surface area contributed by atoms with Gasteiger partial charge in [0.1, 0.15) is 11.9 Å². The Morgan fingerprint density at radius 1 is 0.903 bits per heavy atom. The molecule has 4 aliphatic rings. The Morgan fingerprint density at radius 3 is 2.48 bits per heavy atom. The molecule has 0 aromatic heterocycles. The fraction of sp³-hybridized carbons (Fsp3) is 0.929. The van der Waals surface area contributed by atoms with Gasteiger partial charge < -0.3 is 4.74 Å².